The number of rotatable bonds is 7. The van der Waals surface area contributed by atoms with E-state index in [4.69, 9.17) is 10.00 Å². The molecule has 0 spiro atoms. The van der Waals surface area contributed by atoms with Crippen molar-refractivity contribution in [2.75, 3.05) is 13.1 Å². The van der Waals surface area contributed by atoms with Crippen LogP contribution >= 0.6 is 0 Å². The highest BCUT2D eigenvalue weighted by molar-refractivity contribution is 5.99. The molecule has 2 heterocycles. The number of ether oxygens (including phenoxy) is 1. The molecule has 0 radical (unpaired) electrons. The molecule has 42 heavy (non-hydrogen) atoms. The summed E-state index contributed by atoms with van der Waals surface area (Å²) in [5.41, 5.74) is 2.45. The van der Waals surface area contributed by atoms with Crippen molar-refractivity contribution >= 4 is 17.6 Å². The SMILES string of the molecule is Cc1ccc(C(=O)C2CCN(C(=O)c3ccc(C(=O)NC4CCC(Oc5ccc(C#N)c(F)c5)CC4)nc3)CC2)cc1. The van der Waals surface area contributed by atoms with Gasteiger partial charge in [0.15, 0.2) is 5.78 Å². The van der Waals surface area contributed by atoms with Crippen molar-refractivity contribution in [1.29, 1.82) is 5.26 Å². The Kier molecular flexibility index (Phi) is 8.91. The maximum absolute atomic E-state index is 13.9. The molecule has 2 amide bonds. The number of halogens is 1. The number of nitriles is 1. The molecule has 0 bridgehead atoms. The van der Waals surface area contributed by atoms with Gasteiger partial charge in [0.25, 0.3) is 11.8 Å². The predicted molar refractivity (Wildman–Crippen MR) is 154 cm³/mol. The summed E-state index contributed by atoms with van der Waals surface area (Å²) in [5, 5.41) is 11.9. The maximum Gasteiger partial charge on any atom is 0.270 e. The fourth-order valence-electron chi connectivity index (χ4n) is 5.57. The second-order valence-electron chi connectivity index (χ2n) is 11.0. The zero-order valence-electron chi connectivity index (χ0n) is 23.5. The lowest BCUT2D eigenvalue weighted by Gasteiger charge is -2.31. The molecule has 1 aromatic heterocycles. The van der Waals surface area contributed by atoms with Crippen molar-refractivity contribution in [2.24, 2.45) is 5.92 Å². The number of ketones is 1. The number of likely N-dealkylation sites (tertiary alicyclic amines) is 1. The molecule has 2 aromatic carbocycles. The second kappa shape index (κ2) is 12.9. The Bertz CT molecular complexity index is 1480. The van der Waals surface area contributed by atoms with Gasteiger partial charge in [-0.05, 0) is 69.7 Å². The third kappa shape index (κ3) is 6.82. The number of benzene rings is 2. The van der Waals surface area contributed by atoms with Crippen molar-refractivity contribution in [3.63, 3.8) is 0 Å². The van der Waals surface area contributed by atoms with Crippen molar-refractivity contribution in [3.05, 3.63) is 94.6 Å². The topological polar surface area (TPSA) is 112 Å². The number of pyridine rings is 1. The Balaban J connectivity index is 1.07. The second-order valence-corrected chi connectivity index (χ2v) is 11.0. The van der Waals surface area contributed by atoms with Crippen molar-refractivity contribution in [2.45, 2.75) is 57.6 Å². The quantitative estimate of drug-likeness (QED) is 0.390. The number of carbonyl (C=O) groups is 3. The van der Waals surface area contributed by atoms with Gasteiger partial charge >= 0.3 is 0 Å². The summed E-state index contributed by atoms with van der Waals surface area (Å²) in [5.74, 6) is -0.647. The maximum atomic E-state index is 13.9. The molecule has 9 heteroatoms. The van der Waals surface area contributed by atoms with Gasteiger partial charge in [-0.15, -0.1) is 0 Å². The van der Waals surface area contributed by atoms with E-state index in [0.29, 0.717) is 68.5 Å². The van der Waals surface area contributed by atoms with Crippen LogP contribution in [0.4, 0.5) is 4.39 Å². The predicted octanol–water partition coefficient (Wildman–Crippen LogP) is 5.26. The van der Waals surface area contributed by atoms with E-state index in [9.17, 15) is 18.8 Å². The van der Waals surface area contributed by atoms with Gasteiger partial charge in [-0.25, -0.2) is 4.39 Å². The smallest absolute Gasteiger partial charge is 0.270 e. The van der Waals surface area contributed by atoms with Gasteiger partial charge in [0.1, 0.15) is 23.3 Å². The molecule has 1 aliphatic carbocycles. The van der Waals surface area contributed by atoms with Crippen LogP contribution in [-0.2, 0) is 0 Å². The number of Topliss-reactive ketones (excluding diaryl/α,β-unsaturated/α-hetero) is 1. The summed E-state index contributed by atoms with van der Waals surface area (Å²) in [6, 6.07) is 16.7. The lowest BCUT2D eigenvalue weighted by molar-refractivity contribution is 0.0649. The Morgan fingerprint density at radius 2 is 1.64 bits per heavy atom. The molecular weight excluding hydrogens is 535 g/mol. The van der Waals surface area contributed by atoms with Crippen molar-refractivity contribution in [3.8, 4) is 11.8 Å². The van der Waals surface area contributed by atoms with Crippen LogP contribution in [0.25, 0.3) is 0 Å². The number of hydrogen-bond acceptors (Lipinski definition) is 6. The first-order chi connectivity index (χ1) is 20.3. The molecule has 3 aromatic rings. The summed E-state index contributed by atoms with van der Waals surface area (Å²) >= 11 is 0. The Hall–Kier alpha value is -4.58. The molecule has 1 N–H and O–H groups in total. The minimum absolute atomic E-state index is 0.0216. The van der Waals surface area contributed by atoms with Crippen molar-refractivity contribution < 1.29 is 23.5 Å². The number of aromatic nitrogens is 1. The molecule has 2 aliphatic rings. The first-order valence-corrected chi connectivity index (χ1v) is 14.3. The van der Waals surface area contributed by atoms with E-state index in [1.807, 2.05) is 31.2 Å². The number of piperidine rings is 1. The number of aryl methyl sites for hydroxylation is 1. The van der Waals surface area contributed by atoms with Crippen LogP contribution in [0.3, 0.4) is 0 Å². The molecule has 1 saturated carbocycles. The van der Waals surface area contributed by atoms with Crippen LogP contribution < -0.4 is 10.1 Å². The fraction of sp³-hybridized carbons (Fsp3) is 0.364. The van der Waals surface area contributed by atoms with Crippen LogP contribution in [0.1, 0.15) is 80.9 Å². The monoisotopic (exact) mass is 568 g/mol. The molecule has 216 valence electrons. The standard InChI is InChI=1S/C33H33FN4O4/c1-21-2-4-22(5-3-21)31(39)23-14-16-38(17-15-23)33(41)25-7-13-30(36-20-25)32(40)37-26-8-11-27(12-9-26)42-28-10-6-24(19-35)29(34)18-28/h2-7,10,13,18,20,23,26-27H,8-9,11-12,14-17H2,1H3,(H,37,40). The summed E-state index contributed by atoms with van der Waals surface area (Å²) in [4.78, 5) is 44.7. The minimum Gasteiger partial charge on any atom is -0.490 e. The van der Waals surface area contributed by atoms with E-state index >= 15 is 0 Å². The number of nitrogens with zero attached hydrogens (tertiary/aromatic N) is 3. The third-order valence-electron chi connectivity index (χ3n) is 8.11. The number of hydrogen-bond donors (Lipinski definition) is 1. The highest BCUT2D eigenvalue weighted by Gasteiger charge is 2.29. The summed E-state index contributed by atoms with van der Waals surface area (Å²) < 4.78 is 19.7. The molecular formula is C33H33FN4O4. The molecule has 1 aliphatic heterocycles. The van der Waals surface area contributed by atoms with Gasteiger partial charge in [-0.3, -0.25) is 19.4 Å². The average molecular weight is 569 g/mol. The summed E-state index contributed by atoms with van der Waals surface area (Å²) in [6.45, 7) is 2.98. The van der Waals surface area contributed by atoms with Gasteiger partial charge in [-0.2, -0.15) is 5.26 Å². The average Bonchev–Trinajstić information content (AvgIpc) is 3.02. The fourth-order valence-corrected chi connectivity index (χ4v) is 5.57. The van der Waals surface area contributed by atoms with E-state index < -0.39 is 5.82 Å². The van der Waals surface area contributed by atoms with Crippen LogP contribution in [0.2, 0.25) is 0 Å². The normalized spacial score (nSPS) is 19.0. The summed E-state index contributed by atoms with van der Waals surface area (Å²) in [6.07, 6.45) is 5.36. The van der Waals surface area contributed by atoms with Crippen molar-refractivity contribution in [1.82, 2.24) is 15.2 Å². The zero-order chi connectivity index (χ0) is 29.6. The first-order valence-electron chi connectivity index (χ1n) is 14.3. The number of carbonyl (C=O) groups excluding carboxylic acids is 3. The highest BCUT2D eigenvalue weighted by Crippen LogP contribution is 2.26. The lowest BCUT2D eigenvalue weighted by atomic mass is 9.88. The Morgan fingerprint density at radius 3 is 2.26 bits per heavy atom. The lowest BCUT2D eigenvalue weighted by Crippen LogP contribution is -2.40. The zero-order valence-corrected chi connectivity index (χ0v) is 23.5. The van der Waals surface area contributed by atoms with Crippen LogP contribution in [0.15, 0.2) is 60.8 Å². The number of nitrogens with one attached hydrogen (secondary N) is 1. The van der Waals surface area contributed by atoms with Gasteiger partial charge < -0.3 is 15.0 Å². The minimum atomic E-state index is -0.605. The Morgan fingerprint density at radius 1 is 0.952 bits per heavy atom. The van der Waals surface area contributed by atoms with E-state index in [1.54, 1.807) is 29.2 Å². The Labute approximate surface area is 244 Å². The molecule has 1 saturated heterocycles. The van der Waals surface area contributed by atoms with E-state index in [0.717, 1.165) is 5.56 Å². The van der Waals surface area contributed by atoms with Gasteiger partial charge in [-0.1, -0.05) is 29.8 Å². The van der Waals surface area contributed by atoms with E-state index in [2.05, 4.69) is 10.3 Å². The molecule has 2 fully saturated rings. The molecule has 0 atom stereocenters. The van der Waals surface area contributed by atoms with Crippen LogP contribution in [0, 0.1) is 30.0 Å². The highest BCUT2D eigenvalue weighted by atomic mass is 19.1. The van der Waals surface area contributed by atoms with Crippen LogP contribution in [-0.4, -0.2) is 52.7 Å². The van der Waals surface area contributed by atoms with E-state index in [1.165, 1.54) is 18.3 Å². The third-order valence-corrected chi connectivity index (χ3v) is 8.11. The van der Waals surface area contributed by atoms with Gasteiger partial charge in [0, 0.05) is 42.9 Å². The largest absolute Gasteiger partial charge is 0.490 e. The van der Waals surface area contributed by atoms with Gasteiger partial charge in [0.05, 0.1) is 17.2 Å². The molecule has 8 nitrogen and oxygen atoms in total. The first kappa shape index (κ1) is 28.9. The van der Waals surface area contributed by atoms with Gasteiger partial charge in [0.2, 0.25) is 0 Å². The molecule has 5 rings (SSSR count). The van der Waals surface area contributed by atoms with E-state index in [-0.39, 0.29) is 46.9 Å². The molecule has 0 unspecified atom stereocenters. The number of amides is 2. The van der Waals surface area contributed by atoms with Crippen LogP contribution in [0.5, 0.6) is 5.75 Å². The summed E-state index contributed by atoms with van der Waals surface area (Å²) in [7, 11) is 0.